The van der Waals surface area contributed by atoms with Gasteiger partial charge < -0.3 is 20.3 Å². The Kier molecular flexibility index (Phi) is 5.11. The van der Waals surface area contributed by atoms with Crippen LogP contribution in [0.25, 0.3) is 0 Å². The topological polar surface area (TPSA) is 88.5 Å². The van der Waals surface area contributed by atoms with Crippen LogP contribution in [0.15, 0.2) is 30.5 Å². The van der Waals surface area contributed by atoms with Gasteiger partial charge in [-0.25, -0.2) is 4.79 Å². The number of likely N-dealkylation sites (N-methyl/N-ethyl adjacent to an activating group) is 1. The minimum absolute atomic E-state index is 0.00882. The van der Waals surface area contributed by atoms with E-state index in [4.69, 9.17) is 4.74 Å². The van der Waals surface area contributed by atoms with Crippen LogP contribution in [0.1, 0.15) is 32.0 Å². The number of benzene rings is 1. The molecule has 0 aliphatic carbocycles. The van der Waals surface area contributed by atoms with Gasteiger partial charge in [0.25, 0.3) is 5.91 Å². The first-order chi connectivity index (χ1) is 12.5. The normalized spacial score (nSPS) is 14.4. The number of nitrogens with one attached hydrogen (secondary N) is 2. The van der Waals surface area contributed by atoms with Gasteiger partial charge in [-0.2, -0.15) is 5.10 Å². The van der Waals surface area contributed by atoms with Gasteiger partial charge in [-0.1, -0.05) is 6.92 Å². The van der Waals surface area contributed by atoms with Crippen molar-refractivity contribution in [3.05, 3.63) is 36.2 Å². The molecule has 2 heterocycles. The lowest BCUT2D eigenvalue weighted by molar-refractivity contribution is -0.121. The first-order valence-electron chi connectivity index (χ1n) is 8.66. The molecule has 8 nitrogen and oxygen atoms in total. The smallest absolute Gasteiger partial charge is 0.319 e. The highest BCUT2D eigenvalue weighted by Crippen LogP contribution is 2.34. The van der Waals surface area contributed by atoms with Crippen molar-refractivity contribution in [2.75, 3.05) is 23.4 Å². The molecular weight excluding hydrogens is 334 g/mol. The zero-order valence-electron chi connectivity index (χ0n) is 15.2. The average molecular weight is 357 g/mol. The molecule has 0 bridgehead atoms. The van der Waals surface area contributed by atoms with Crippen LogP contribution in [-0.4, -0.2) is 34.9 Å². The number of hydrogen-bond donors (Lipinski definition) is 2. The first-order valence-corrected chi connectivity index (χ1v) is 8.66. The van der Waals surface area contributed by atoms with Gasteiger partial charge in [0.1, 0.15) is 5.75 Å². The summed E-state index contributed by atoms with van der Waals surface area (Å²) in [5, 5.41) is 9.91. The number of amides is 3. The lowest BCUT2D eigenvalue weighted by Gasteiger charge is -2.28. The van der Waals surface area contributed by atoms with Gasteiger partial charge in [-0.05, 0) is 31.5 Å². The Morgan fingerprint density at radius 2 is 2.15 bits per heavy atom. The Morgan fingerprint density at radius 1 is 1.35 bits per heavy atom. The predicted molar refractivity (Wildman–Crippen MR) is 98.4 cm³/mol. The average Bonchev–Trinajstić information content (AvgIpc) is 3.05. The van der Waals surface area contributed by atoms with Crippen molar-refractivity contribution in [2.24, 2.45) is 7.05 Å². The van der Waals surface area contributed by atoms with E-state index in [2.05, 4.69) is 15.7 Å². The maximum atomic E-state index is 12.4. The molecule has 0 saturated heterocycles. The Morgan fingerprint density at radius 3 is 2.81 bits per heavy atom. The maximum Gasteiger partial charge on any atom is 0.319 e. The van der Waals surface area contributed by atoms with E-state index in [0.717, 1.165) is 17.8 Å². The van der Waals surface area contributed by atoms with Crippen LogP contribution < -0.4 is 20.3 Å². The number of urea groups is 1. The molecule has 0 fully saturated rings. The standard InChI is InChI=1S/C18H23N5O3/c1-4-13(14-8-9-19-22(14)3)21-18(25)20-12-6-7-15-16(10-12)26-11-17(24)23(15)5-2/h6-10,13H,4-5,11H2,1-3H3,(H2,20,21,25)/t13-/m1/s1. The summed E-state index contributed by atoms with van der Waals surface area (Å²) in [5.74, 6) is 0.517. The predicted octanol–water partition coefficient (Wildman–Crippen LogP) is 2.44. The Balaban J connectivity index is 1.70. The fraction of sp³-hybridized carbons (Fsp3) is 0.389. The van der Waals surface area contributed by atoms with Crippen molar-refractivity contribution >= 4 is 23.3 Å². The fourth-order valence-electron chi connectivity index (χ4n) is 3.07. The fourth-order valence-corrected chi connectivity index (χ4v) is 3.07. The highest BCUT2D eigenvalue weighted by atomic mass is 16.5. The SMILES string of the molecule is CC[C@@H](NC(=O)Nc1ccc2c(c1)OCC(=O)N2CC)c1ccnn1C. The number of fused-ring (bicyclic) bond motifs is 1. The number of nitrogens with zero attached hydrogens (tertiary/aromatic N) is 3. The molecule has 1 atom stereocenters. The van der Waals surface area contributed by atoms with Crippen molar-refractivity contribution in [2.45, 2.75) is 26.3 Å². The third kappa shape index (κ3) is 3.49. The van der Waals surface area contributed by atoms with Crippen LogP contribution in [0.3, 0.4) is 0 Å². The van der Waals surface area contributed by atoms with Crippen LogP contribution in [0.2, 0.25) is 0 Å². The number of anilines is 2. The van der Waals surface area contributed by atoms with E-state index in [1.807, 2.05) is 27.0 Å². The van der Waals surface area contributed by atoms with E-state index in [0.29, 0.717) is 18.0 Å². The maximum absolute atomic E-state index is 12.4. The molecule has 3 amide bonds. The van der Waals surface area contributed by atoms with Gasteiger partial charge in [0, 0.05) is 31.5 Å². The molecule has 8 heteroatoms. The molecule has 1 aromatic carbocycles. The molecule has 0 spiro atoms. The molecule has 0 radical (unpaired) electrons. The molecule has 1 aliphatic heterocycles. The summed E-state index contributed by atoms with van der Waals surface area (Å²) in [4.78, 5) is 25.9. The van der Waals surface area contributed by atoms with Gasteiger partial charge in [0.2, 0.25) is 0 Å². The van der Waals surface area contributed by atoms with E-state index < -0.39 is 0 Å². The summed E-state index contributed by atoms with van der Waals surface area (Å²) < 4.78 is 7.24. The number of carbonyl (C=O) groups is 2. The molecular formula is C18H23N5O3. The van der Waals surface area contributed by atoms with Crippen LogP contribution in [0, 0.1) is 0 Å². The third-order valence-corrected chi connectivity index (χ3v) is 4.41. The first kappa shape index (κ1) is 17.8. The van der Waals surface area contributed by atoms with E-state index >= 15 is 0 Å². The number of rotatable bonds is 5. The second-order valence-corrected chi connectivity index (χ2v) is 6.05. The zero-order valence-corrected chi connectivity index (χ0v) is 15.2. The van der Waals surface area contributed by atoms with Crippen LogP contribution in [0.5, 0.6) is 5.75 Å². The van der Waals surface area contributed by atoms with Crippen molar-refractivity contribution in [3.8, 4) is 5.75 Å². The monoisotopic (exact) mass is 357 g/mol. The Bertz CT molecular complexity index is 817. The van der Waals surface area contributed by atoms with Gasteiger partial charge in [-0.3, -0.25) is 9.48 Å². The van der Waals surface area contributed by atoms with Crippen molar-refractivity contribution in [3.63, 3.8) is 0 Å². The Hall–Kier alpha value is -3.03. The largest absolute Gasteiger partial charge is 0.481 e. The molecule has 0 unspecified atom stereocenters. The van der Waals surface area contributed by atoms with Gasteiger partial charge in [0.05, 0.1) is 17.4 Å². The summed E-state index contributed by atoms with van der Waals surface area (Å²) in [6, 6.07) is 6.71. The third-order valence-electron chi connectivity index (χ3n) is 4.41. The van der Waals surface area contributed by atoms with Gasteiger partial charge >= 0.3 is 6.03 Å². The van der Waals surface area contributed by atoms with E-state index in [1.54, 1.807) is 34.0 Å². The number of ether oxygens (including phenoxy) is 1. The number of carbonyl (C=O) groups excluding carboxylic acids is 2. The molecule has 3 rings (SSSR count). The van der Waals surface area contributed by atoms with Crippen LogP contribution in [0.4, 0.5) is 16.2 Å². The zero-order chi connectivity index (χ0) is 18.7. The molecule has 1 aliphatic rings. The van der Waals surface area contributed by atoms with Crippen LogP contribution >= 0.6 is 0 Å². The minimum Gasteiger partial charge on any atom is -0.481 e. The molecule has 2 aromatic rings. The molecule has 2 N–H and O–H groups in total. The van der Waals surface area contributed by atoms with E-state index in [-0.39, 0.29) is 24.6 Å². The highest BCUT2D eigenvalue weighted by Gasteiger charge is 2.24. The van der Waals surface area contributed by atoms with Crippen molar-refractivity contribution in [1.82, 2.24) is 15.1 Å². The second-order valence-electron chi connectivity index (χ2n) is 6.05. The second kappa shape index (κ2) is 7.47. The summed E-state index contributed by atoms with van der Waals surface area (Å²) in [6.45, 7) is 4.50. The number of hydrogen-bond acceptors (Lipinski definition) is 4. The molecule has 1 aromatic heterocycles. The van der Waals surface area contributed by atoms with Gasteiger partial charge in [0.15, 0.2) is 6.61 Å². The summed E-state index contributed by atoms with van der Waals surface area (Å²) in [6.07, 6.45) is 2.45. The lowest BCUT2D eigenvalue weighted by atomic mass is 10.1. The Labute approximate surface area is 152 Å². The molecule has 138 valence electrons. The molecule has 26 heavy (non-hydrogen) atoms. The number of aryl methyl sites for hydroxylation is 1. The van der Waals surface area contributed by atoms with Gasteiger partial charge in [-0.15, -0.1) is 0 Å². The van der Waals surface area contributed by atoms with Crippen LogP contribution in [-0.2, 0) is 11.8 Å². The van der Waals surface area contributed by atoms with Crippen molar-refractivity contribution in [1.29, 1.82) is 0 Å². The quantitative estimate of drug-likeness (QED) is 0.860. The lowest BCUT2D eigenvalue weighted by Crippen LogP contribution is -2.38. The highest BCUT2D eigenvalue weighted by molar-refractivity contribution is 5.98. The minimum atomic E-state index is -0.308. The van der Waals surface area contributed by atoms with E-state index in [9.17, 15) is 9.59 Å². The summed E-state index contributed by atoms with van der Waals surface area (Å²) >= 11 is 0. The van der Waals surface area contributed by atoms with E-state index in [1.165, 1.54) is 0 Å². The summed E-state index contributed by atoms with van der Waals surface area (Å²) in [7, 11) is 1.85. The van der Waals surface area contributed by atoms with Crippen molar-refractivity contribution < 1.29 is 14.3 Å². The number of aromatic nitrogens is 2. The summed E-state index contributed by atoms with van der Waals surface area (Å²) in [5.41, 5.74) is 2.26. The molecule has 0 saturated carbocycles.